The summed E-state index contributed by atoms with van der Waals surface area (Å²) in [6.45, 7) is 4.58. The maximum atomic E-state index is 12.1. The molecule has 0 bridgehead atoms. The van der Waals surface area contributed by atoms with Crippen LogP contribution in [0.5, 0.6) is 0 Å². The highest BCUT2D eigenvalue weighted by Crippen LogP contribution is 2.27. The molecule has 0 spiro atoms. The van der Waals surface area contributed by atoms with Gasteiger partial charge in [-0.1, -0.05) is 19.3 Å². The first-order valence-electron chi connectivity index (χ1n) is 7.48. The van der Waals surface area contributed by atoms with Crippen molar-refractivity contribution in [3.05, 3.63) is 17.5 Å². The average molecular weight is 279 g/mol. The number of hydrogen-bond acceptors (Lipinski definition) is 3. The van der Waals surface area contributed by atoms with Crippen molar-refractivity contribution in [3.8, 4) is 0 Å². The van der Waals surface area contributed by atoms with E-state index in [4.69, 9.17) is 0 Å². The maximum Gasteiger partial charge on any atom is 0.222 e. The van der Waals surface area contributed by atoms with Crippen molar-refractivity contribution in [1.29, 1.82) is 0 Å². The third kappa shape index (κ3) is 3.60. The number of aliphatic hydroxyl groups is 1. The molecule has 1 aromatic rings. The van der Waals surface area contributed by atoms with Gasteiger partial charge in [0.25, 0.3) is 0 Å². The molecule has 1 heterocycles. The van der Waals surface area contributed by atoms with Crippen LogP contribution in [0.3, 0.4) is 0 Å². The minimum absolute atomic E-state index is 0.00787. The number of carbonyl (C=O) groups excluding carboxylic acids is 1. The van der Waals surface area contributed by atoms with Crippen molar-refractivity contribution in [2.45, 2.75) is 64.5 Å². The quantitative estimate of drug-likeness (QED) is 0.862. The smallest absolute Gasteiger partial charge is 0.222 e. The van der Waals surface area contributed by atoms with E-state index in [1.165, 1.54) is 6.42 Å². The Morgan fingerprint density at radius 1 is 1.40 bits per heavy atom. The summed E-state index contributed by atoms with van der Waals surface area (Å²) in [7, 11) is 0. The minimum atomic E-state index is -0.385. The zero-order chi connectivity index (χ0) is 14.6. The monoisotopic (exact) mass is 279 g/mol. The van der Waals surface area contributed by atoms with Crippen LogP contribution in [0.2, 0.25) is 0 Å². The number of aromatic nitrogens is 2. The molecule has 1 aliphatic rings. The first-order chi connectivity index (χ1) is 9.54. The summed E-state index contributed by atoms with van der Waals surface area (Å²) in [6.07, 6.45) is 5.54. The number of nitrogens with zero attached hydrogens (tertiary/aromatic N) is 2. The third-order valence-electron chi connectivity index (χ3n) is 4.17. The van der Waals surface area contributed by atoms with E-state index in [0.29, 0.717) is 13.0 Å². The van der Waals surface area contributed by atoms with E-state index < -0.39 is 0 Å². The molecule has 20 heavy (non-hydrogen) atoms. The van der Waals surface area contributed by atoms with Crippen molar-refractivity contribution >= 4 is 5.91 Å². The van der Waals surface area contributed by atoms with Gasteiger partial charge in [0.05, 0.1) is 17.8 Å². The number of nitrogens with one attached hydrogen (secondary N) is 1. The van der Waals surface area contributed by atoms with Crippen LogP contribution in [0.15, 0.2) is 6.07 Å². The summed E-state index contributed by atoms with van der Waals surface area (Å²) in [5, 5.41) is 17.0. The zero-order valence-electron chi connectivity index (χ0n) is 12.5. The first kappa shape index (κ1) is 15.0. The second-order valence-corrected chi connectivity index (χ2v) is 5.95. The fourth-order valence-electron chi connectivity index (χ4n) is 3.02. The lowest BCUT2D eigenvalue weighted by molar-refractivity contribution is -0.124. The van der Waals surface area contributed by atoms with Gasteiger partial charge in [0, 0.05) is 18.7 Å². The molecule has 1 saturated carbocycles. The molecule has 1 aliphatic carbocycles. The number of rotatable bonds is 5. The predicted octanol–water partition coefficient (Wildman–Crippen LogP) is 1.70. The van der Waals surface area contributed by atoms with Gasteiger partial charge < -0.3 is 10.4 Å². The standard InChI is InChI=1S/C15H25N3O2/c1-12-10-13(2)18(17-12)9-6-14(20)16-15(11-19)7-4-3-5-8-15/h10,19H,3-9,11H2,1-2H3,(H,16,20). The lowest BCUT2D eigenvalue weighted by Crippen LogP contribution is -2.52. The average Bonchev–Trinajstić information content (AvgIpc) is 2.76. The molecule has 0 saturated heterocycles. The van der Waals surface area contributed by atoms with E-state index in [0.717, 1.165) is 37.1 Å². The molecule has 5 nitrogen and oxygen atoms in total. The highest BCUT2D eigenvalue weighted by molar-refractivity contribution is 5.76. The fourth-order valence-corrected chi connectivity index (χ4v) is 3.02. The summed E-state index contributed by atoms with van der Waals surface area (Å²) < 4.78 is 1.86. The molecular weight excluding hydrogens is 254 g/mol. The van der Waals surface area contributed by atoms with Crippen molar-refractivity contribution in [2.24, 2.45) is 0 Å². The van der Waals surface area contributed by atoms with E-state index in [1.807, 2.05) is 24.6 Å². The predicted molar refractivity (Wildman–Crippen MR) is 77.4 cm³/mol. The van der Waals surface area contributed by atoms with Crippen LogP contribution >= 0.6 is 0 Å². The van der Waals surface area contributed by atoms with Crippen LogP contribution in [0.1, 0.15) is 49.9 Å². The summed E-state index contributed by atoms with van der Waals surface area (Å²) in [4.78, 5) is 12.1. The molecule has 112 valence electrons. The van der Waals surface area contributed by atoms with Crippen molar-refractivity contribution < 1.29 is 9.90 Å². The Bertz CT molecular complexity index is 462. The second kappa shape index (κ2) is 6.39. The van der Waals surface area contributed by atoms with Gasteiger partial charge in [0.15, 0.2) is 0 Å². The molecule has 0 aliphatic heterocycles. The Morgan fingerprint density at radius 3 is 2.65 bits per heavy atom. The van der Waals surface area contributed by atoms with Gasteiger partial charge in [-0.25, -0.2) is 0 Å². The van der Waals surface area contributed by atoms with Gasteiger partial charge in [-0.15, -0.1) is 0 Å². The summed E-state index contributed by atoms with van der Waals surface area (Å²) >= 11 is 0. The molecule has 2 N–H and O–H groups in total. The summed E-state index contributed by atoms with van der Waals surface area (Å²) in [5.74, 6) is 0.00787. The molecule has 1 amide bonds. The topological polar surface area (TPSA) is 67.2 Å². The van der Waals surface area contributed by atoms with Crippen LogP contribution in [-0.4, -0.2) is 32.9 Å². The third-order valence-corrected chi connectivity index (χ3v) is 4.17. The van der Waals surface area contributed by atoms with E-state index in [1.54, 1.807) is 0 Å². The minimum Gasteiger partial charge on any atom is -0.394 e. The first-order valence-corrected chi connectivity index (χ1v) is 7.48. The molecule has 0 radical (unpaired) electrons. The van der Waals surface area contributed by atoms with E-state index in [9.17, 15) is 9.90 Å². The molecule has 1 aromatic heterocycles. The summed E-state index contributed by atoms with van der Waals surface area (Å²) in [6, 6.07) is 2.01. The lowest BCUT2D eigenvalue weighted by atomic mass is 9.82. The highest BCUT2D eigenvalue weighted by atomic mass is 16.3. The number of carbonyl (C=O) groups is 1. The van der Waals surface area contributed by atoms with E-state index in [-0.39, 0.29) is 18.1 Å². The SMILES string of the molecule is Cc1cc(C)n(CCC(=O)NC2(CO)CCCCC2)n1. The van der Waals surface area contributed by atoms with Crippen LogP contribution in [0.4, 0.5) is 0 Å². The molecule has 2 rings (SSSR count). The van der Waals surface area contributed by atoms with E-state index >= 15 is 0 Å². The van der Waals surface area contributed by atoms with Crippen LogP contribution in [0, 0.1) is 13.8 Å². The van der Waals surface area contributed by atoms with Gasteiger partial charge >= 0.3 is 0 Å². The highest BCUT2D eigenvalue weighted by Gasteiger charge is 2.32. The Kier molecular flexibility index (Phi) is 4.81. The Labute approximate surface area is 120 Å². The molecule has 0 aromatic carbocycles. The largest absolute Gasteiger partial charge is 0.394 e. The molecule has 5 heteroatoms. The molecule has 1 fully saturated rings. The Morgan fingerprint density at radius 2 is 2.10 bits per heavy atom. The Hall–Kier alpha value is -1.36. The number of amides is 1. The lowest BCUT2D eigenvalue weighted by Gasteiger charge is -2.36. The normalized spacial score (nSPS) is 17.9. The fraction of sp³-hybridized carbons (Fsp3) is 0.733. The molecule has 0 atom stereocenters. The summed E-state index contributed by atoms with van der Waals surface area (Å²) in [5.41, 5.74) is 1.66. The second-order valence-electron chi connectivity index (χ2n) is 5.95. The van der Waals surface area contributed by atoms with E-state index in [2.05, 4.69) is 10.4 Å². The van der Waals surface area contributed by atoms with Crippen molar-refractivity contribution in [3.63, 3.8) is 0 Å². The van der Waals surface area contributed by atoms with Gasteiger partial charge in [0.1, 0.15) is 0 Å². The van der Waals surface area contributed by atoms with Crippen LogP contribution in [0.25, 0.3) is 0 Å². The van der Waals surface area contributed by atoms with Gasteiger partial charge in [0.2, 0.25) is 5.91 Å². The van der Waals surface area contributed by atoms with Gasteiger partial charge in [-0.3, -0.25) is 9.48 Å². The van der Waals surface area contributed by atoms with Crippen LogP contribution < -0.4 is 5.32 Å². The Balaban J connectivity index is 1.87. The van der Waals surface area contributed by atoms with Crippen molar-refractivity contribution in [2.75, 3.05) is 6.61 Å². The molecule has 0 unspecified atom stereocenters. The van der Waals surface area contributed by atoms with Crippen LogP contribution in [-0.2, 0) is 11.3 Å². The van der Waals surface area contributed by atoms with Crippen molar-refractivity contribution in [1.82, 2.24) is 15.1 Å². The maximum absolute atomic E-state index is 12.1. The number of aliphatic hydroxyl groups excluding tert-OH is 1. The number of hydrogen-bond donors (Lipinski definition) is 2. The van der Waals surface area contributed by atoms with Gasteiger partial charge in [-0.2, -0.15) is 5.10 Å². The zero-order valence-corrected chi connectivity index (χ0v) is 12.5. The number of aryl methyl sites for hydroxylation is 3. The van der Waals surface area contributed by atoms with Gasteiger partial charge in [-0.05, 0) is 32.8 Å². The molecular formula is C15H25N3O2.